The van der Waals surface area contributed by atoms with Crippen molar-refractivity contribution in [3.63, 3.8) is 0 Å². The fourth-order valence-corrected chi connectivity index (χ4v) is 2.31. The van der Waals surface area contributed by atoms with Crippen molar-refractivity contribution in [2.75, 3.05) is 26.9 Å². The number of rotatable bonds is 8. The van der Waals surface area contributed by atoms with Crippen LogP contribution in [0, 0.1) is 6.92 Å². The van der Waals surface area contributed by atoms with Gasteiger partial charge in [-0.3, -0.25) is 4.84 Å². The molecule has 0 heterocycles. The molecular formula is C12H19NO5S. The van der Waals surface area contributed by atoms with Crippen LogP contribution >= 0.6 is 0 Å². The number of hydrogen-bond donors (Lipinski definition) is 1. The van der Waals surface area contributed by atoms with Gasteiger partial charge in [0.05, 0.1) is 24.7 Å². The molecule has 0 aromatic heterocycles. The van der Waals surface area contributed by atoms with Crippen LogP contribution in [0.25, 0.3) is 0 Å². The molecule has 0 aliphatic carbocycles. The quantitative estimate of drug-likeness (QED) is 0.576. The van der Waals surface area contributed by atoms with Gasteiger partial charge < -0.3 is 9.47 Å². The van der Waals surface area contributed by atoms with Crippen molar-refractivity contribution in [2.24, 2.45) is 0 Å². The van der Waals surface area contributed by atoms with E-state index in [1.165, 1.54) is 19.2 Å². The molecule has 0 amide bonds. The molecule has 1 N–H and O–H groups in total. The summed E-state index contributed by atoms with van der Waals surface area (Å²) in [5.74, 6) is 0.668. The first-order valence-electron chi connectivity index (χ1n) is 5.87. The van der Waals surface area contributed by atoms with Crippen LogP contribution in [0.3, 0.4) is 0 Å². The first kappa shape index (κ1) is 15.9. The maximum Gasteiger partial charge on any atom is 0.262 e. The molecule has 0 aliphatic heterocycles. The predicted molar refractivity (Wildman–Crippen MR) is 70.5 cm³/mol. The van der Waals surface area contributed by atoms with Gasteiger partial charge >= 0.3 is 0 Å². The third kappa shape index (κ3) is 4.79. The number of methoxy groups -OCH3 is 1. The summed E-state index contributed by atoms with van der Waals surface area (Å²) in [6, 6.07) is 4.63. The van der Waals surface area contributed by atoms with Gasteiger partial charge in [0.2, 0.25) is 0 Å². The molecule has 1 aromatic rings. The standard InChI is InChI=1S/C12H19NO5S/c1-4-17-12-6-5-11(9-10(12)2)19(14,15)13-18-8-7-16-3/h5-6,9,13H,4,7-8H2,1-3H3. The average molecular weight is 289 g/mol. The Morgan fingerprint density at radius 2 is 2.00 bits per heavy atom. The Balaban J connectivity index is 2.75. The number of hydrogen-bond acceptors (Lipinski definition) is 5. The predicted octanol–water partition coefficient (Wildman–Crippen LogP) is 1.25. The van der Waals surface area contributed by atoms with Gasteiger partial charge in [-0.05, 0) is 37.6 Å². The van der Waals surface area contributed by atoms with E-state index in [2.05, 4.69) is 0 Å². The lowest BCUT2D eigenvalue weighted by atomic mass is 10.2. The maximum absolute atomic E-state index is 11.9. The van der Waals surface area contributed by atoms with Crippen LogP contribution in [0.2, 0.25) is 0 Å². The van der Waals surface area contributed by atoms with E-state index >= 15 is 0 Å². The highest BCUT2D eigenvalue weighted by molar-refractivity contribution is 7.89. The Kier molecular flexibility index (Phi) is 6.23. The molecule has 0 bridgehead atoms. The summed E-state index contributed by atoms with van der Waals surface area (Å²) in [6.45, 7) is 4.65. The van der Waals surface area contributed by atoms with Crippen LogP contribution in [-0.2, 0) is 19.6 Å². The molecule has 108 valence electrons. The molecule has 6 nitrogen and oxygen atoms in total. The number of sulfonamides is 1. The lowest BCUT2D eigenvalue weighted by molar-refractivity contribution is 0.0438. The molecule has 0 aliphatic rings. The van der Waals surface area contributed by atoms with Crippen molar-refractivity contribution in [1.29, 1.82) is 0 Å². The van der Waals surface area contributed by atoms with Crippen LogP contribution in [0.5, 0.6) is 5.75 Å². The third-order valence-corrected chi connectivity index (χ3v) is 3.53. The van der Waals surface area contributed by atoms with Crippen LogP contribution in [0.4, 0.5) is 0 Å². The topological polar surface area (TPSA) is 73.9 Å². The molecule has 1 rings (SSSR count). The minimum Gasteiger partial charge on any atom is -0.494 e. The summed E-state index contributed by atoms with van der Waals surface area (Å²) in [4.78, 5) is 6.99. The molecule has 1 aromatic carbocycles. The van der Waals surface area contributed by atoms with Gasteiger partial charge in [0.25, 0.3) is 10.0 Å². The Labute approximate surface area is 113 Å². The zero-order chi connectivity index (χ0) is 14.3. The largest absolute Gasteiger partial charge is 0.494 e. The van der Waals surface area contributed by atoms with Crippen LogP contribution < -0.4 is 9.62 Å². The van der Waals surface area contributed by atoms with Gasteiger partial charge in [-0.15, -0.1) is 0 Å². The van der Waals surface area contributed by atoms with E-state index in [1.807, 2.05) is 11.8 Å². The summed E-state index contributed by atoms with van der Waals surface area (Å²) >= 11 is 0. The zero-order valence-electron chi connectivity index (χ0n) is 11.3. The normalized spacial score (nSPS) is 11.5. The molecule has 7 heteroatoms. The van der Waals surface area contributed by atoms with Gasteiger partial charge in [0, 0.05) is 7.11 Å². The molecule has 0 atom stereocenters. The van der Waals surface area contributed by atoms with Gasteiger partial charge in [0.15, 0.2) is 0 Å². The second-order valence-corrected chi connectivity index (χ2v) is 5.43. The van der Waals surface area contributed by atoms with E-state index in [-0.39, 0.29) is 11.5 Å². The van der Waals surface area contributed by atoms with Crippen LogP contribution in [0.15, 0.2) is 23.1 Å². The SMILES string of the molecule is CCOc1ccc(S(=O)(=O)NOCCOC)cc1C. The molecule has 0 saturated heterocycles. The van der Waals surface area contributed by atoms with Crippen molar-refractivity contribution in [2.45, 2.75) is 18.7 Å². The second kappa shape index (κ2) is 7.44. The number of nitrogens with one attached hydrogen (secondary N) is 1. The van der Waals surface area contributed by atoms with Crippen molar-refractivity contribution < 1.29 is 22.7 Å². The highest BCUT2D eigenvalue weighted by atomic mass is 32.2. The van der Waals surface area contributed by atoms with Gasteiger partial charge in [-0.25, -0.2) is 8.42 Å². The van der Waals surface area contributed by atoms with Crippen molar-refractivity contribution in [3.8, 4) is 5.75 Å². The van der Waals surface area contributed by atoms with Crippen molar-refractivity contribution >= 4 is 10.0 Å². The third-order valence-electron chi connectivity index (χ3n) is 2.31. The smallest absolute Gasteiger partial charge is 0.262 e. The molecule has 0 unspecified atom stereocenters. The maximum atomic E-state index is 11.9. The molecule has 0 saturated carbocycles. The van der Waals surface area contributed by atoms with E-state index < -0.39 is 10.0 Å². The fraction of sp³-hybridized carbons (Fsp3) is 0.500. The summed E-state index contributed by atoms with van der Waals surface area (Å²) in [6.07, 6.45) is 0. The number of aryl methyl sites for hydroxylation is 1. The lowest BCUT2D eigenvalue weighted by Crippen LogP contribution is -2.25. The second-order valence-electron chi connectivity index (χ2n) is 3.79. The van der Waals surface area contributed by atoms with Crippen LogP contribution in [0.1, 0.15) is 12.5 Å². The summed E-state index contributed by atoms with van der Waals surface area (Å²) in [5, 5.41) is 0. The summed E-state index contributed by atoms with van der Waals surface area (Å²) in [5.41, 5.74) is 0.751. The highest BCUT2D eigenvalue weighted by Crippen LogP contribution is 2.21. The van der Waals surface area contributed by atoms with Crippen molar-refractivity contribution in [3.05, 3.63) is 23.8 Å². The van der Waals surface area contributed by atoms with E-state index in [4.69, 9.17) is 14.3 Å². The minimum absolute atomic E-state index is 0.130. The molecule has 0 radical (unpaired) electrons. The Bertz CT molecular complexity index is 501. The van der Waals surface area contributed by atoms with Gasteiger partial charge in [-0.2, -0.15) is 0 Å². The van der Waals surface area contributed by atoms with E-state index in [0.717, 1.165) is 5.56 Å². The average Bonchev–Trinajstić information content (AvgIpc) is 2.37. The Hall–Kier alpha value is -1.15. The van der Waals surface area contributed by atoms with Crippen LogP contribution in [-0.4, -0.2) is 35.3 Å². The van der Waals surface area contributed by atoms with E-state index in [1.54, 1.807) is 13.0 Å². The molecule has 19 heavy (non-hydrogen) atoms. The first-order chi connectivity index (χ1) is 9.01. The number of benzene rings is 1. The summed E-state index contributed by atoms with van der Waals surface area (Å²) < 4.78 is 33.9. The summed E-state index contributed by atoms with van der Waals surface area (Å²) in [7, 11) is -2.17. The molecule has 0 spiro atoms. The molecular weight excluding hydrogens is 270 g/mol. The van der Waals surface area contributed by atoms with Gasteiger partial charge in [0.1, 0.15) is 5.75 Å². The Morgan fingerprint density at radius 3 is 2.58 bits per heavy atom. The van der Waals surface area contributed by atoms with Gasteiger partial charge in [-0.1, -0.05) is 4.89 Å². The Morgan fingerprint density at radius 1 is 1.26 bits per heavy atom. The minimum atomic E-state index is -3.68. The van der Waals surface area contributed by atoms with Crippen molar-refractivity contribution in [1.82, 2.24) is 4.89 Å². The fourth-order valence-electron chi connectivity index (χ4n) is 1.40. The number of ether oxygens (including phenoxy) is 2. The van der Waals surface area contributed by atoms with E-state index in [9.17, 15) is 8.42 Å². The first-order valence-corrected chi connectivity index (χ1v) is 7.35. The van der Waals surface area contributed by atoms with E-state index in [0.29, 0.717) is 19.0 Å². The lowest BCUT2D eigenvalue weighted by Gasteiger charge is -2.10. The molecule has 0 fully saturated rings. The monoisotopic (exact) mass is 289 g/mol. The zero-order valence-corrected chi connectivity index (χ0v) is 12.1. The highest BCUT2D eigenvalue weighted by Gasteiger charge is 2.15.